The molecule has 0 saturated carbocycles. The van der Waals surface area contributed by atoms with Crippen LogP contribution in [0.4, 0.5) is 8.78 Å². The van der Waals surface area contributed by atoms with Gasteiger partial charge in [-0.05, 0) is 61.1 Å². The first-order valence-corrected chi connectivity index (χ1v) is 12.9. The van der Waals surface area contributed by atoms with E-state index in [2.05, 4.69) is 0 Å². The molecule has 3 heterocycles. The summed E-state index contributed by atoms with van der Waals surface area (Å²) in [5.74, 6) is -0.393. The Kier molecular flexibility index (Phi) is 6.90. The highest BCUT2D eigenvalue weighted by Crippen LogP contribution is 2.35. The second kappa shape index (κ2) is 10.2. The van der Waals surface area contributed by atoms with Crippen LogP contribution in [0.15, 0.2) is 53.9 Å². The number of aromatic nitrogens is 1. The van der Waals surface area contributed by atoms with E-state index in [0.29, 0.717) is 25.3 Å². The average molecular weight is 496 g/mol. The van der Waals surface area contributed by atoms with E-state index in [9.17, 15) is 18.4 Å². The van der Waals surface area contributed by atoms with Crippen molar-refractivity contribution in [3.05, 3.63) is 87.4 Å². The van der Waals surface area contributed by atoms with Gasteiger partial charge in [-0.15, -0.1) is 11.3 Å². The molecule has 0 aliphatic carbocycles. The molecule has 2 aliphatic heterocycles. The zero-order valence-electron chi connectivity index (χ0n) is 19.3. The molecule has 0 N–H and O–H groups in total. The second-order valence-electron chi connectivity index (χ2n) is 9.24. The lowest BCUT2D eigenvalue weighted by Crippen LogP contribution is -2.38. The predicted molar refractivity (Wildman–Crippen MR) is 130 cm³/mol. The first kappa shape index (κ1) is 23.6. The number of hydrogen-bond acceptors (Lipinski definition) is 4. The van der Waals surface area contributed by atoms with Crippen molar-refractivity contribution in [1.82, 2.24) is 14.8 Å². The summed E-state index contributed by atoms with van der Waals surface area (Å²) in [5, 5.41) is 2.78. The van der Waals surface area contributed by atoms with E-state index in [4.69, 9.17) is 4.98 Å². The number of nitrogens with zero attached hydrogens (tertiary/aromatic N) is 3. The Morgan fingerprint density at radius 1 is 0.914 bits per heavy atom. The van der Waals surface area contributed by atoms with E-state index < -0.39 is 0 Å². The van der Waals surface area contributed by atoms with Gasteiger partial charge in [0.2, 0.25) is 5.91 Å². The van der Waals surface area contributed by atoms with Crippen LogP contribution in [0.25, 0.3) is 0 Å². The van der Waals surface area contributed by atoms with Crippen molar-refractivity contribution < 1.29 is 18.4 Å². The number of hydrogen-bond donors (Lipinski definition) is 0. The molecular formula is C27H27F2N3O2S. The molecule has 0 spiro atoms. The molecule has 2 saturated heterocycles. The first-order chi connectivity index (χ1) is 17.0. The summed E-state index contributed by atoms with van der Waals surface area (Å²) < 4.78 is 26.4. The zero-order chi connectivity index (χ0) is 24.4. The molecule has 2 amide bonds. The molecule has 182 valence electrons. The molecule has 0 bridgehead atoms. The highest BCUT2D eigenvalue weighted by Gasteiger charge is 2.33. The van der Waals surface area contributed by atoms with Gasteiger partial charge < -0.3 is 9.80 Å². The third-order valence-corrected chi connectivity index (χ3v) is 7.98. The van der Waals surface area contributed by atoms with Crippen LogP contribution in [-0.2, 0) is 11.2 Å². The van der Waals surface area contributed by atoms with E-state index >= 15 is 0 Å². The minimum Gasteiger partial charge on any atom is -0.342 e. The van der Waals surface area contributed by atoms with E-state index in [1.54, 1.807) is 24.3 Å². The Morgan fingerprint density at radius 2 is 1.57 bits per heavy atom. The maximum Gasteiger partial charge on any atom is 0.273 e. The van der Waals surface area contributed by atoms with Crippen LogP contribution >= 0.6 is 11.3 Å². The van der Waals surface area contributed by atoms with Crippen LogP contribution in [0.5, 0.6) is 0 Å². The number of carbonyl (C=O) groups excluding carboxylic acids is 2. The van der Waals surface area contributed by atoms with Crippen LogP contribution in [0.3, 0.4) is 0 Å². The van der Waals surface area contributed by atoms with Crippen LogP contribution in [0.2, 0.25) is 0 Å². The van der Waals surface area contributed by atoms with Crippen LogP contribution in [0.1, 0.15) is 64.3 Å². The SMILES string of the molecule is O=C(Cc1ccc(F)cc1)N1CCC(c2nc(C(=O)N3CCCC3c3ccc(F)cc3)cs2)CC1. The number of piperidine rings is 1. The van der Waals surface area contributed by atoms with Crippen LogP contribution < -0.4 is 0 Å². The Labute approximate surface area is 207 Å². The monoisotopic (exact) mass is 495 g/mol. The lowest BCUT2D eigenvalue weighted by molar-refractivity contribution is -0.131. The van der Waals surface area contributed by atoms with Gasteiger partial charge in [0.05, 0.1) is 17.5 Å². The first-order valence-electron chi connectivity index (χ1n) is 12.0. The molecule has 2 aliphatic rings. The fourth-order valence-corrected chi connectivity index (χ4v) is 5.99. The molecule has 3 aromatic rings. The number of likely N-dealkylation sites (tertiary alicyclic amines) is 2. The Hall–Kier alpha value is -3.13. The summed E-state index contributed by atoms with van der Waals surface area (Å²) in [5.41, 5.74) is 2.22. The van der Waals surface area contributed by atoms with Gasteiger partial charge in [-0.3, -0.25) is 9.59 Å². The predicted octanol–water partition coefficient (Wildman–Crippen LogP) is 5.35. The van der Waals surface area contributed by atoms with Gasteiger partial charge in [0.1, 0.15) is 17.3 Å². The van der Waals surface area contributed by atoms with E-state index in [1.807, 2.05) is 15.2 Å². The van der Waals surface area contributed by atoms with Crippen molar-refractivity contribution in [3.63, 3.8) is 0 Å². The van der Waals surface area contributed by atoms with Crippen molar-refractivity contribution in [2.45, 2.75) is 44.1 Å². The minimum absolute atomic E-state index is 0.0472. The molecule has 5 nitrogen and oxygen atoms in total. The number of halogens is 2. The van der Waals surface area contributed by atoms with Gasteiger partial charge in [-0.2, -0.15) is 0 Å². The molecule has 2 fully saturated rings. The summed E-state index contributed by atoms with van der Waals surface area (Å²) in [6, 6.07) is 12.4. The second-order valence-corrected chi connectivity index (χ2v) is 10.1. The third kappa shape index (κ3) is 5.27. The molecule has 1 aromatic heterocycles. The number of rotatable bonds is 5. The minimum atomic E-state index is -0.306. The zero-order valence-corrected chi connectivity index (χ0v) is 20.1. The summed E-state index contributed by atoms with van der Waals surface area (Å²) in [6.45, 7) is 1.96. The number of carbonyl (C=O) groups is 2. The van der Waals surface area contributed by atoms with Crippen molar-refractivity contribution >= 4 is 23.2 Å². The summed E-state index contributed by atoms with van der Waals surface area (Å²) >= 11 is 1.51. The molecule has 8 heteroatoms. The van der Waals surface area contributed by atoms with E-state index in [1.165, 1.54) is 35.6 Å². The quantitative estimate of drug-likeness (QED) is 0.480. The van der Waals surface area contributed by atoms with Crippen molar-refractivity contribution in [1.29, 1.82) is 0 Å². The van der Waals surface area contributed by atoms with Crippen molar-refractivity contribution in [3.8, 4) is 0 Å². The van der Waals surface area contributed by atoms with E-state index in [0.717, 1.165) is 41.8 Å². The lowest BCUT2D eigenvalue weighted by Gasteiger charge is -2.31. The molecule has 35 heavy (non-hydrogen) atoms. The largest absolute Gasteiger partial charge is 0.342 e. The number of benzene rings is 2. The summed E-state index contributed by atoms with van der Waals surface area (Å²) in [7, 11) is 0. The standard InChI is InChI=1S/C27H27F2N3O2S/c28-21-7-3-18(4-8-21)16-25(33)31-14-11-20(12-15-31)26-30-23(17-35-26)27(34)32-13-1-2-24(32)19-5-9-22(29)10-6-19/h3-10,17,20,24H,1-2,11-16H2. The van der Waals surface area contributed by atoms with Gasteiger partial charge in [0, 0.05) is 30.9 Å². The third-order valence-electron chi connectivity index (χ3n) is 6.98. The van der Waals surface area contributed by atoms with Crippen molar-refractivity contribution in [2.24, 2.45) is 0 Å². The highest BCUT2D eigenvalue weighted by atomic mass is 32.1. The molecule has 2 aromatic carbocycles. The molecule has 0 radical (unpaired) electrons. The topological polar surface area (TPSA) is 53.5 Å². The fraction of sp³-hybridized carbons (Fsp3) is 0.370. The average Bonchev–Trinajstić information content (AvgIpc) is 3.56. The highest BCUT2D eigenvalue weighted by molar-refractivity contribution is 7.09. The summed E-state index contributed by atoms with van der Waals surface area (Å²) in [6.07, 6.45) is 3.65. The Bertz CT molecular complexity index is 1190. The smallest absolute Gasteiger partial charge is 0.273 e. The number of thiazole rings is 1. The molecular weight excluding hydrogens is 468 g/mol. The summed E-state index contributed by atoms with van der Waals surface area (Å²) in [4.78, 5) is 34.3. The Morgan fingerprint density at radius 3 is 2.26 bits per heavy atom. The Balaban J connectivity index is 1.18. The van der Waals surface area contributed by atoms with Gasteiger partial charge in [-0.1, -0.05) is 24.3 Å². The maximum absolute atomic E-state index is 13.3. The lowest BCUT2D eigenvalue weighted by atomic mass is 9.97. The molecule has 5 rings (SSSR count). The van der Waals surface area contributed by atoms with E-state index in [-0.39, 0.29) is 41.8 Å². The van der Waals surface area contributed by atoms with Crippen LogP contribution in [0, 0.1) is 11.6 Å². The normalized spacial score (nSPS) is 18.7. The van der Waals surface area contributed by atoms with Gasteiger partial charge in [0.15, 0.2) is 0 Å². The van der Waals surface area contributed by atoms with Crippen LogP contribution in [-0.4, -0.2) is 46.2 Å². The number of amides is 2. The van der Waals surface area contributed by atoms with Gasteiger partial charge in [0.25, 0.3) is 5.91 Å². The van der Waals surface area contributed by atoms with Gasteiger partial charge >= 0.3 is 0 Å². The maximum atomic E-state index is 13.3. The van der Waals surface area contributed by atoms with Gasteiger partial charge in [-0.25, -0.2) is 13.8 Å². The molecule has 1 unspecified atom stereocenters. The van der Waals surface area contributed by atoms with Crippen molar-refractivity contribution in [2.75, 3.05) is 19.6 Å². The fourth-order valence-electron chi connectivity index (χ4n) is 5.03. The molecule has 1 atom stereocenters.